The third-order valence-corrected chi connectivity index (χ3v) is 3.29. The van der Waals surface area contributed by atoms with E-state index < -0.39 is 0 Å². The van der Waals surface area contributed by atoms with Crippen molar-refractivity contribution in [1.82, 2.24) is 0 Å². The van der Waals surface area contributed by atoms with Gasteiger partial charge in [0.15, 0.2) is 5.78 Å². The minimum atomic E-state index is 0.0163. The number of phenols is 1. The molecular formula is C17H18O4. The molecule has 21 heavy (non-hydrogen) atoms. The van der Waals surface area contributed by atoms with E-state index in [4.69, 9.17) is 9.47 Å². The van der Waals surface area contributed by atoms with E-state index in [1.54, 1.807) is 37.4 Å². The van der Waals surface area contributed by atoms with Crippen LogP contribution < -0.4 is 9.47 Å². The number of Topliss-reactive ketones (excluding diaryl/α,β-unsaturated/α-hetero) is 1. The maximum absolute atomic E-state index is 12.3. The van der Waals surface area contributed by atoms with Crippen molar-refractivity contribution >= 4 is 5.78 Å². The van der Waals surface area contributed by atoms with Crippen LogP contribution in [0.15, 0.2) is 42.5 Å². The molecule has 2 aromatic carbocycles. The van der Waals surface area contributed by atoms with Crippen LogP contribution in [0, 0.1) is 0 Å². The molecule has 0 atom stereocenters. The van der Waals surface area contributed by atoms with E-state index in [0.717, 1.165) is 5.56 Å². The molecule has 0 aliphatic rings. The highest BCUT2D eigenvalue weighted by molar-refractivity contribution is 5.99. The highest BCUT2D eigenvalue weighted by Crippen LogP contribution is 2.26. The third-order valence-electron chi connectivity index (χ3n) is 3.29. The molecule has 0 bridgehead atoms. The minimum Gasteiger partial charge on any atom is -0.508 e. The first kappa shape index (κ1) is 14.9. The van der Waals surface area contributed by atoms with E-state index in [1.807, 2.05) is 12.1 Å². The van der Waals surface area contributed by atoms with Crippen molar-refractivity contribution in [2.24, 2.45) is 0 Å². The monoisotopic (exact) mass is 286 g/mol. The van der Waals surface area contributed by atoms with E-state index in [2.05, 4.69) is 0 Å². The average Bonchev–Trinajstić information content (AvgIpc) is 2.53. The molecule has 0 aliphatic carbocycles. The fourth-order valence-corrected chi connectivity index (χ4v) is 2.08. The predicted molar refractivity (Wildman–Crippen MR) is 80.3 cm³/mol. The number of hydrogen-bond donors (Lipinski definition) is 1. The molecule has 0 saturated heterocycles. The third kappa shape index (κ3) is 3.75. The number of phenolic OH excluding ortho intramolecular Hbond substituents is 1. The number of carbonyl (C=O) groups is 1. The lowest BCUT2D eigenvalue weighted by molar-refractivity contribution is 0.0980. The number of ketones is 1. The molecule has 0 aliphatic heterocycles. The Bertz CT molecular complexity index is 617. The second-order valence-electron chi connectivity index (χ2n) is 4.66. The Balaban J connectivity index is 2.07. The summed E-state index contributed by atoms with van der Waals surface area (Å²) in [7, 11) is 3.10. The molecule has 0 amide bonds. The lowest BCUT2D eigenvalue weighted by Crippen LogP contribution is -2.04. The van der Waals surface area contributed by atoms with Gasteiger partial charge in [-0.25, -0.2) is 0 Å². The summed E-state index contributed by atoms with van der Waals surface area (Å²) in [5.74, 6) is 1.41. The van der Waals surface area contributed by atoms with Crippen molar-refractivity contribution in [2.45, 2.75) is 12.8 Å². The first-order valence-electron chi connectivity index (χ1n) is 6.67. The Morgan fingerprint density at radius 2 is 1.76 bits per heavy atom. The van der Waals surface area contributed by atoms with Gasteiger partial charge < -0.3 is 14.6 Å². The Labute approximate surface area is 123 Å². The number of rotatable bonds is 6. The fourth-order valence-electron chi connectivity index (χ4n) is 2.08. The van der Waals surface area contributed by atoms with Gasteiger partial charge in [0.1, 0.15) is 17.2 Å². The standard InChI is InChI=1S/C17H18O4/c1-20-14-8-9-15(17(11-14)21-2)16(19)10-5-12-3-6-13(18)7-4-12/h3-4,6-9,11,18H,5,10H2,1-2H3. The van der Waals surface area contributed by atoms with Crippen LogP contribution in [-0.2, 0) is 6.42 Å². The molecule has 4 nitrogen and oxygen atoms in total. The number of carbonyl (C=O) groups excluding carboxylic acids is 1. The summed E-state index contributed by atoms with van der Waals surface area (Å²) in [5, 5.41) is 9.23. The largest absolute Gasteiger partial charge is 0.508 e. The summed E-state index contributed by atoms with van der Waals surface area (Å²) in [6.45, 7) is 0. The first-order chi connectivity index (χ1) is 10.1. The summed E-state index contributed by atoms with van der Waals surface area (Å²) < 4.78 is 10.4. The van der Waals surface area contributed by atoms with Gasteiger partial charge in [0, 0.05) is 12.5 Å². The van der Waals surface area contributed by atoms with E-state index in [9.17, 15) is 9.90 Å². The Morgan fingerprint density at radius 1 is 1.05 bits per heavy atom. The summed E-state index contributed by atoms with van der Waals surface area (Å²) in [5.41, 5.74) is 1.56. The van der Waals surface area contributed by atoms with Crippen molar-refractivity contribution < 1.29 is 19.4 Å². The van der Waals surface area contributed by atoms with Crippen molar-refractivity contribution in [3.8, 4) is 17.2 Å². The first-order valence-corrected chi connectivity index (χ1v) is 6.67. The molecule has 0 unspecified atom stereocenters. The van der Waals surface area contributed by atoms with Crippen molar-refractivity contribution in [3.05, 3.63) is 53.6 Å². The number of benzene rings is 2. The summed E-state index contributed by atoms with van der Waals surface area (Å²) in [4.78, 5) is 12.3. The van der Waals surface area contributed by atoms with Crippen molar-refractivity contribution in [2.75, 3.05) is 14.2 Å². The van der Waals surface area contributed by atoms with E-state index >= 15 is 0 Å². The highest BCUT2D eigenvalue weighted by Gasteiger charge is 2.13. The zero-order valence-electron chi connectivity index (χ0n) is 12.1. The van der Waals surface area contributed by atoms with Crippen LogP contribution in [0.25, 0.3) is 0 Å². The maximum Gasteiger partial charge on any atom is 0.166 e. The van der Waals surface area contributed by atoms with Gasteiger partial charge in [-0.1, -0.05) is 12.1 Å². The fraction of sp³-hybridized carbons (Fsp3) is 0.235. The predicted octanol–water partition coefficient (Wildman–Crippen LogP) is 3.22. The lowest BCUT2D eigenvalue weighted by Gasteiger charge is -2.09. The quantitative estimate of drug-likeness (QED) is 0.828. The lowest BCUT2D eigenvalue weighted by atomic mass is 10.0. The van der Waals surface area contributed by atoms with Crippen LogP contribution in [0.2, 0.25) is 0 Å². The number of aromatic hydroxyl groups is 1. The number of hydrogen-bond acceptors (Lipinski definition) is 4. The number of ether oxygens (including phenoxy) is 2. The Kier molecular flexibility index (Phi) is 4.82. The second kappa shape index (κ2) is 6.79. The van der Waals surface area contributed by atoms with E-state index in [1.165, 1.54) is 7.11 Å². The average molecular weight is 286 g/mol. The SMILES string of the molecule is COc1ccc(C(=O)CCc2ccc(O)cc2)c(OC)c1. The van der Waals surface area contributed by atoms with E-state index in [-0.39, 0.29) is 11.5 Å². The summed E-state index contributed by atoms with van der Waals surface area (Å²) in [6.07, 6.45) is 1.00. The van der Waals surface area contributed by atoms with Crippen molar-refractivity contribution in [1.29, 1.82) is 0 Å². The van der Waals surface area contributed by atoms with Gasteiger partial charge in [0.2, 0.25) is 0 Å². The van der Waals surface area contributed by atoms with Crippen LogP contribution in [0.4, 0.5) is 0 Å². The molecule has 1 N–H and O–H groups in total. The van der Waals surface area contributed by atoms with Gasteiger partial charge in [0.05, 0.1) is 19.8 Å². The topological polar surface area (TPSA) is 55.8 Å². The molecule has 0 spiro atoms. The molecule has 2 rings (SSSR count). The zero-order valence-corrected chi connectivity index (χ0v) is 12.1. The van der Waals surface area contributed by atoms with Crippen LogP contribution in [0.1, 0.15) is 22.3 Å². The molecular weight excluding hydrogens is 268 g/mol. The van der Waals surface area contributed by atoms with E-state index in [0.29, 0.717) is 29.9 Å². The van der Waals surface area contributed by atoms with Gasteiger partial charge in [-0.2, -0.15) is 0 Å². The molecule has 4 heteroatoms. The molecule has 0 aromatic heterocycles. The van der Waals surface area contributed by atoms with Gasteiger partial charge in [-0.15, -0.1) is 0 Å². The molecule has 0 fully saturated rings. The Morgan fingerprint density at radius 3 is 2.38 bits per heavy atom. The Hall–Kier alpha value is -2.49. The van der Waals surface area contributed by atoms with Crippen LogP contribution >= 0.6 is 0 Å². The van der Waals surface area contributed by atoms with Gasteiger partial charge >= 0.3 is 0 Å². The maximum atomic E-state index is 12.3. The minimum absolute atomic E-state index is 0.0163. The van der Waals surface area contributed by atoms with Crippen molar-refractivity contribution in [3.63, 3.8) is 0 Å². The summed E-state index contributed by atoms with van der Waals surface area (Å²) in [6, 6.07) is 12.0. The van der Waals surface area contributed by atoms with Gasteiger partial charge in [-0.3, -0.25) is 4.79 Å². The second-order valence-corrected chi connectivity index (χ2v) is 4.66. The molecule has 110 valence electrons. The van der Waals surface area contributed by atoms with Crippen LogP contribution in [-0.4, -0.2) is 25.1 Å². The van der Waals surface area contributed by atoms with Crippen LogP contribution in [0.3, 0.4) is 0 Å². The van der Waals surface area contributed by atoms with Crippen LogP contribution in [0.5, 0.6) is 17.2 Å². The number of aryl methyl sites for hydroxylation is 1. The molecule has 0 heterocycles. The smallest absolute Gasteiger partial charge is 0.166 e. The molecule has 2 aromatic rings. The normalized spacial score (nSPS) is 10.2. The molecule has 0 saturated carbocycles. The molecule has 0 radical (unpaired) electrons. The number of methoxy groups -OCH3 is 2. The highest BCUT2D eigenvalue weighted by atomic mass is 16.5. The zero-order chi connectivity index (χ0) is 15.2. The van der Waals surface area contributed by atoms with Gasteiger partial charge in [0.25, 0.3) is 0 Å². The summed E-state index contributed by atoms with van der Waals surface area (Å²) >= 11 is 0. The van der Waals surface area contributed by atoms with Gasteiger partial charge in [-0.05, 0) is 36.2 Å².